The third-order valence-corrected chi connectivity index (χ3v) is 4.80. The maximum Gasteiger partial charge on any atom is 0.191 e. The third kappa shape index (κ3) is 3.59. The van der Waals surface area contributed by atoms with Crippen molar-refractivity contribution in [2.24, 2.45) is 7.05 Å². The molecule has 0 aliphatic heterocycles. The SMILES string of the molecule is CN(C)c1cccc(-c2nnc(SCc3cccc(F)c3)n2C)c1. The molecule has 0 N–H and O–H groups in total. The van der Waals surface area contributed by atoms with Gasteiger partial charge in [0.05, 0.1) is 0 Å². The Kier molecular flexibility index (Phi) is 4.85. The second-order valence-electron chi connectivity index (χ2n) is 5.73. The fraction of sp³-hybridized carbons (Fsp3) is 0.222. The number of benzene rings is 2. The number of thioether (sulfide) groups is 1. The van der Waals surface area contributed by atoms with Gasteiger partial charge >= 0.3 is 0 Å². The summed E-state index contributed by atoms with van der Waals surface area (Å²) in [5.41, 5.74) is 3.07. The molecule has 0 unspecified atom stereocenters. The van der Waals surface area contributed by atoms with E-state index < -0.39 is 0 Å². The zero-order valence-corrected chi connectivity index (χ0v) is 14.7. The maximum atomic E-state index is 13.3. The minimum atomic E-state index is -0.216. The number of anilines is 1. The van der Waals surface area contributed by atoms with Gasteiger partial charge in [-0.25, -0.2) is 4.39 Å². The first-order chi connectivity index (χ1) is 11.5. The van der Waals surface area contributed by atoms with Crippen LogP contribution in [0.2, 0.25) is 0 Å². The molecule has 3 aromatic rings. The maximum absolute atomic E-state index is 13.3. The van der Waals surface area contributed by atoms with Crippen LogP contribution in [0.3, 0.4) is 0 Å². The van der Waals surface area contributed by atoms with E-state index in [2.05, 4.69) is 27.2 Å². The highest BCUT2D eigenvalue weighted by molar-refractivity contribution is 7.98. The molecule has 0 aliphatic carbocycles. The highest BCUT2D eigenvalue weighted by atomic mass is 32.2. The van der Waals surface area contributed by atoms with Gasteiger partial charge in [0.15, 0.2) is 11.0 Å². The van der Waals surface area contributed by atoms with E-state index in [1.54, 1.807) is 23.9 Å². The summed E-state index contributed by atoms with van der Waals surface area (Å²) in [4.78, 5) is 2.06. The van der Waals surface area contributed by atoms with Crippen LogP contribution in [0.15, 0.2) is 53.7 Å². The van der Waals surface area contributed by atoms with Crippen molar-refractivity contribution in [3.63, 3.8) is 0 Å². The van der Waals surface area contributed by atoms with Gasteiger partial charge in [-0.3, -0.25) is 0 Å². The van der Waals surface area contributed by atoms with E-state index in [1.807, 2.05) is 43.9 Å². The lowest BCUT2D eigenvalue weighted by atomic mass is 10.2. The molecule has 0 aliphatic rings. The molecule has 0 saturated carbocycles. The predicted octanol–water partition coefficient (Wildman–Crippen LogP) is 3.98. The molecule has 0 saturated heterocycles. The summed E-state index contributed by atoms with van der Waals surface area (Å²) in [6.07, 6.45) is 0. The van der Waals surface area contributed by atoms with E-state index >= 15 is 0 Å². The first-order valence-electron chi connectivity index (χ1n) is 7.59. The van der Waals surface area contributed by atoms with Crippen molar-refractivity contribution in [2.45, 2.75) is 10.9 Å². The quantitative estimate of drug-likeness (QED) is 0.657. The lowest BCUT2D eigenvalue weighted by Gasteiger charge is -2.13. The Bertz CT molecular complexity index is 845. The molecule has 1 heterocycles. The summed E-state index contributed by atoms with van der Waals surface area (Å²) in [7, 11) is 5.97. The van der Waals surface area contributed by atoms with E-state index in [0.717, 1.165) is 27.8 Å². The van der Waals surface area contributed by atoms with E-state index in [0.29, 0.717) is 5.75 Å². The molecule has 0 amide bonds. The molecule has 0 bridgehead atoms. The zero-order valence-electron chi connectivity index (χ0n) is 13.9. The Morgan fingerprint density at radius 1 is 1.08 bits per heavy atom. The fourth-order valence-corrected chi connectivity index (χ4v) is 3.24. The Labute approximate surface area is 145 Å². The molecule has 4 nitrogen and oxygen atoms in total. The smallest absolute Gasteiger partial charge is 0.191 e. The van der Waals surface area contributed by atoms with Gasteiger partial charge in [-0.1, -0.05) is 36.0 Å². The average molecular weight is 342 g/mol. The highest BCUT2D eigenvalue weighted by Crippen LogP contribution is 2.27. The van der Waals surface area contributed by atoms with Crippen LogP contribution in [0.5, 0.6) is 0 Å². The second-order valence-corrected chi connectivity index (χ2v) is 6.67. The number of halogens is 1. The van der Waals surface area contributed by atoms with E-state index in [-0.39, 0.29) is 5.82 Å². The molecule has 0 spiro atoms. The van der Waals surface area contributed by atoms with Crippen LogP contribution >= 0.6 is 11.8 Å². The molecule has 0 radical (unpaired) electrons. The number of aromatic nitrogens is 3. The molecule has 3 rings (SSSR count). The van der Waals surface area contributed by atoms with Crippen LogP contribution in [0.4, 0.5) is 10.1 Å². The number of rotatable bonds is 5. The van der Waals surface area contributed by atoms with E-state index in [4.69, 9.17) is 0 Å². The number of hydrogen-bond donors (Lipinski definition) is 0. The van der Waals surface area contributed by atoms with Gasteiger partial charge in [0.1, 0.15) is 5.82 Å². The lowest BCUT2D eigenvalue weighted by molar-refractivity contribution is 0.626. The Hall–Kier alpha value is -2.34. The summed E-state index contributed by atoms with van der Waals surface area (Å²) >= 11 is 1.55. The molecule has 0 fully saturated rings. The van der Waals surface area contributed by atoms with Crippen LogP contribution in [-0.4, -0.2) is 28.9 Å². The Morgan fingerprint density at radius 2 is 1.88 bits per heavy atom. The zero-order chi connectivity index (χ0) is 17.1. The summed E-state index contributed by atoms with van der Waals surface area (Å²) < 4.78 is 15.2. The van der Waals surface area contributed by atoms with Crippen LogP contribution in [0.1, 0.15) is 5.56 Å². The van der Waals surface area contributed by atoms with E-state index in [9.17, 15) is 4.39 Å². The average Bonchev–Trinajstić information content (AvgIpc) is 2.94. The first kappa shape index (κ1) is 16.5. The van der Waals surface area contributed by atoms with Crippen molar-refractivity contribution in [1.82, 2.24) is 14.8 Å². The minimum Gasteiger partial charge on any atom is -0.378 e. The van der Waals surface area contributed by atoms with Gasteiger partial charge in [-0.15, -0.1) is 10.2 Å². The molecule has 2 aromatic carbocycles. The number of hydrogen-bond acceptors (Lipinski definition) is 4. The van der Waals surface area contributed by atoms with Crippen molar-refractivity contribution in [3.05, 3.63) is 59.9 Å². The highest BCUT2D eigenvalue weighted by Gasteiger charge is 2.12. The van der Waals surface area contributed by atoms with E-state index in [1.165, 1.54) is 6.07 Å². The third-order valence-electron chi connectivity index (χ3n) is 3.71. The largest absolute Gasteiger partial charge is 0.378 e. The van der Waals surface area contributed by atoms with Crippen LogP contribution < -0.4 is 4.90 Å². The molecule has 1 aromatic heterocycles. The topological polar surface area (TPSA) is 34.0 Å². The van der Waals surface area contributed by atoms with Gasteiger partial charge in [-0.2, -0.15) is 0 Å². The number of nitrogens with zero attached hydrogens (tertiary/aromatic N) is 4. The van der Waals surface area contributed by atoms with Crippen molar-refractivity contribution in [3.8, 4) is 11.4 Å². The van der Waals surface area contributed by atoms with Gasteiger partial charge in [0.25, 0.3) is 0 Å². The predicted molar refractivity (Wildman–Crippen MR) is 96.7 cm³/mol. The van der Waals surface area contributed by atoms with Crippen molar-refractivity contribution in [2.75, 3.05) is 19.0 Å². The monoisotopic (exact) mass is 342 g/mol. The van der Waals surface area contributed by atoms with Gasteiger partial charge in [-0.05, 0) is 29.8 Å². The first-order valence-corrected chi connectivity index (χ1v) is 8.57. The van der Waals surface area contributed by atoms with Gasteiger partial charge in [0.2, 0.25) is 0 Å². The molecular weight excluding hydrogens is 323 g/mol. The standard InChI is InChI=1S/C18H19FN4S/c1-22(2)16-9-5-7-14(11-16)17-20-21-18(23(17)3)24-12-13-6-4-8-15(19)10-13/h4-11H,12H2,1-3H3. The van der Waals surface area contributed by atoms with Crippen LogP contribution in [-0.2, 0) is 12.8 Å². The molecule has 0 atom stereocenters. The van der Waals surface area contributed by atoms with Gasteiger partial charge in [0, 0.05) is 38.1 Å². The Balaban J connectivity index is 1.80. The summed E-state index contributed by atoms with van der Waals surface area (Å²) in [5, 5.41) is 9.40. The second kappa shape index (κ2) is 7.05. The lowest BCUT2D eigenvalue weighted by Crippen LogP contribution is -2.08. The summed E-state index contributed by atoms with van der Waals surface area (Å²) in [6, 6.07) is 14.8. The molecule has 124 valence electrons. The Morgan fingerprint density at radius 3 is 2.62 bits per heavy atom. The normalized spacial score (nSPS) is 10.8. The van der Waals surface area contributed by atoms with Crippen LogP contribution in [0.25, 0.3) is 11.4 Å². The van der Waals surface area contributed by atoms with Crippen molar-refractivity contribution >= 4 is 17.4 Å². The molecular formula is C18H19FN4S. The molecule has 6 heteroatoms. The van der Waals surface area contributed by atoms with Gasteiger partial charge < -0.3 is 9.47 Å². The van der Waals surface area contributed by atoms with Crippen molar-refractivity contribution < 1.29 is 4.39 Å². The summed E-state index contributed by atoms with van der Waals surface area (Å²) in [6.45, 7) is 0. The molecule has 24 heavy (non-hydrogen) atoms. The minimum absolute atomic E-state index is 0.216. The van der Waals surface area contributed by atoms with Crippen molar-refractivity contribution in [1.29, 1.82) is 0 Å². The summed E-state index contributed by atoms with van der Waals surface area (Å²) in [5.74, 6) is 1.26. The van der Waals surface area contributed by atoms with Crippen LogP contribution in [0, 0.1) is 5.82 Å². The fourth-order valence-electron chi connectivity index (χ4n) is 2.39.